The number of benzene rings is 3. The van der Waals surface area contributed by atoms with Gasteiger partial charge >= 0.3 is 0 Å². The molecule has 0 aliphatic heterocycles. The second-order valence-electron chi connectivity index (χ2n) is 6.11. The molecule has 0 unspecified atom stereocenters. The molecule has 140 valence electrons. The van der Waals surface area contributed by atoms with Gasteiger partial charge in [0.25, 0.3) is 11.6 Å². The van der Waals surface area contributed by atoms with Crippen LogP contribution in [0.3, 0.4) is 0 Å². The van der Waals surface area contributed by atoms with Crippen LogP contribution in [0.15, 0.2) is 72.8 Å². The quantitative estimate of drug-likeness (QED) is 0.383. The lowest BCUT2D eigenvalue weighted by Gasteiger charge is -2.12. The number of nitro groups is 1. The van der Waals surface area contributed by atoms with E-state index in [1.807, 2.05) is 42.5 Å². The van der Waals surface area contributed by atoms with Gasteiger partial charge in [0.05, 0.1) is 4.92 Å². The van der Waals surface area contributed by atoms with E-state index < -0.39 is 4.92 Å². The molecular formula is C21H17N3O3S. The minimum Gasteiger partial charge on any atom is -0.332 e. The Labute approximate surface area is 167 Å². The predicted molar refractivity (Wildman–Crippen MR) is 113 cm³/mol. The Kier molecular flexibility index (Phi) is 5.76. The van der Waals surface area contributed by atoms with Gasteiger partial charge in [-0.1, -0.05) is 48.5 Å². The Hall–Kier alpha value is -3.58. The van der Waals surface area contributed by atoms with Crippen molar-refractivity contribution in [2.45, 2.75) is 6.92 Å². The first-order valence-electron chi connectivity index (χ1n) is 8.47. The van der Waals surface area contributed by atoms with Crippen LogP contribution in [0.25, 0.3) is 11.1 Å². The van der Waals surface area contributed by atoms with Crippen LogP contribution in [-0.4, -0.2) is 15.9 Å². The van der Waals surface area contributed by atoms with Crippen molar-refractivity contribution >= 4 is 34.6 Å². The number of hydrogen-bond acceptors (Lipinski definition) is 4. The number of hydrogen-bond donors (Lipinski definition) is 2. The molecule has 7 heteroatoms. The van der Waals surface area contributed by atoms with Crippen LogP contribution in [0.5, 0.6) is 0 Å². The largest absolute Gasteiger partial charge is 0.332 e. The van der Waals surface area contributed by atoms with E-state index >= 15 is 0 Å². The number of amides is 1. The molecule has 0 aliphatic rings. The topological polar surface area (TPSA) is 84.3 Å². The molecule has 0 spiro atoms. The highest BCUT2D eigenvalue weighted by molar-refractivity contribution is 7.80. The molecule has 0 saturated carbocycles. The monoisotopic (exact) mass is 391 g/mol. The number of nitrogens with zero attached hydrogens (tertiary/aromatic N) is 1. The molecule has 0 fully saturated rings. The maximum Gasteiger partial charge on any atom is 0.271 e. The molecule has 28 heavy (non-hydrogen) atoms. The molecule has 0 aromatic heterocycles. The van der Waals surface area contributed by atoms with E-state index in [1.165, 1.54) is 12.1 Å². The van der Waals surface area contributed by atoms with Gasteiger partial charge in [0, 0.05) is 23.4 Å². The van der Waals surface area contributed by atoms with Crippen LogP contribution in [-0.2, 0) is 0 Å². The molecule has 0 heterocycles. The number of nitro benzene ring substituents is 1. The molecule has 3 rings (SSSR count). The molecule has 3 aromatic carbocycles. The Morgan fingerprint density at radius 2 is 1.61 bits per heavy atom. The van der Waals surface area contributed by atoms with E-state index in [0.717, 1.165) is 16.7 Å². The minimum atomic E-state index is -0.486. The standard InChI is InChI=1S/C21H17N3O3S/c1-14-7-12-18(24(26)27)13-19(14)22-21(28)23-20(25)17-10-8-16(9-11-17)15-5-3-2-4-6-15/h2-13H,1H3,(H2,22,23,25,28). The zero-order chi connectivity index (χ0) is 20.1. The first-order valence-corrected chi connectivity index (χ1v) is 8.88. The number of anilines is 1. The van der Waals surface area contributed by atoms with Gasteiger partial charge in [0.15, 0.2) is 5.11 Å². The van der Waals surface area contributed by atoms with E-state index in [1.54, 1.807) is 25.1 Å². The third kappa shape index (κ3) is 4.57. The molecule has 6 nitrogen and oxygen atoms in total. The highest BCUT2D eigenvalue weighted by Crippen LogP contribution is 2.22. The second kappa shape index (κ2) is 8.41. The Bertz CT molecular complexity index is 1030. The van der Waals surface area contributed by atoms with Gasteiger partial charge in [-0.2, -0.15) is 0 Å². The first kappa shape index (κ1) is 19.2. The fraction of sp³-hybridized carbons (Fsp3) is 0.0476. The molecule has 0 radical (unpaired) electrons. The first-order chi connectivity index (χ1) is 13.4. The molecule has 1 amide bonds. The summed E-state index contributed by atoms with van der Waals surface area (Å²) < 4.78 is 0. The summed E-state index contributed by atoms with van der Waals surface area (Å²) in [7, 11) is 0. The average molecular weight is 391 g/mol. The molecule has 2 N–H and O–H groups in total. The lowest BCUT2D eigenvalue weighted by Crippen LogP contribution is -2.34. The predicted octanol–water partition coefficient (Wildman–Crippen LogP) is 4.70. The minimum absolute atomic E-state index is 0.0567. The molecule has 0 saturated heterocycles. The Morgan fingerprint density at radius 1 is 0.964 bits per heavy atom. The van der Waals surface area contributed by atoms with Crippen LogP contribution >= 0.6 is 12.2 Å². The van der Waals surface area contributed by atoms with Crippen LogP contribution in [0.1, 0.15) is 15.9 Å². The van der Waals surface area contributed by atoms with Crippen molar-refractivity contribution in [1.82, 2.24) is 5.32 Å². The van der Waals surface area contributed by atoms with E-state index in [4.69, 9.17) is 12.2 Å². The summed E-state index contributed by atoms with van der Waals surface area (Å²) in [6, 6.07) is 21.4. The third-order valence-corrected chi connectivity index (χ3v) is 4.37. The van der Waals surface area contributed by atoms with Gasteiger partial charge in [0.1, 0.15) is 0 Å². The van der Waals surface area contributed by atoms with E-state index in [0.29, 0.717) is 11.3 Å². The van der Waals surface area contributed by atoms with Gasteiger partial charge < -0.3 is 5.32 Å². The summed E-state index contributed by atoms with van der Waals surface area (Å²) in [5.41, 5.74) is 3.71. The van der Waals surface area contributed by atoms with Crippen LogP contribution < -0.4 is 10.6 Å². The van der Waals surface area contributed by atoms with Crippen LogP contribution in [0, 0.1) is 17.0 Å². The Balaban J connectivity index is 1.67. The van der Waals surface area contributed by atoms with Crippen molar-refractivity contribution in [3.8, 4) is 11.1 Å². The van der Waals surface area contributed by atoms with E-state index in [-0.39, 0.29) is 16.7 Å². The molecule has 0 bridgehead atoms. The third-order valence-electron chi connectivity index (χ3n) is 4.16. The van der Waals surface area contributed by atoms with Crippen molar-refractivity contribution in [3.63, 3.8) is 0 Å². The molecule has 3 aromatic rings. The van der Waals surface area contributed by atoms with Crippen LogP contribution in [0.2, 0.25) is 0 Å². The van der Waals surface area contributed by atoms with Crippen molar-refractivity contribution in [2.75, 3.05) is 5.32 Å². The fourth-order valence-corrected chi connectivity index (χ4v) is 2.83. The number of carbonyl (C=O) groups excluding carboxylic acids is 1. The van der Waals surface area contributed by atoms with Gasteiger partial charge in [-0.05, 0) is 48.0 Å². The van der Waals surface area contributed by atoms with Gasteiger partial charge in [-0.15, -0.1) is 0 Å². The zero-order valence-electron chi connectivity index (χ0n) is 15.0. The number of aryl methyl sites for hydroxylation is 1. The van der Waals surface area contributed by atoms with Crippen LogP contribution in [0.4, 0.5) is 11.4 Å². The Morgan fingerprint density at radius 3 is 2.25 bits per heavy atom. The summed E-state index contributed by atoms with van der Waals surface area (Å²) in [6.07, 6.45) is 0. The molecule has 0 atom stereocenters. The van der Waals surface area contributed by atoms with Crippen molar-refractivity contribution in [3.05, 3.63) is 94.0 Å². The lowest BCUT2D eigenvalue weighted by molar-refractivity contribution is -0.384. The number of carbonyl (C=O) groups is 1. The maximum atomic E-state index is 12.4. The van der Waals surface area contributed by atoms with Gasteiger partial charge in [-0.3, -0.25) is 20.2 Å². The summed E-state index contributed by atoms with van der Waals surface area (Å²) in [6.45, 7) is 1.79. The van der Waals surface area contributed by atoms with Crippen molar-refractivity contribution in [2.24, 2.45) is 0 Å². The average Bonchev–Trinajstić information content (AvgIpc) is 2.70. The summed E-state index contributed by atoms with van der Waals surface area (Å²) in [4.78, 5) is 22.8. The summed E-state index contributed by atoms with van der Waals surface area (Å²) >= 11 is 5.17. The van der Waals surface area contributed by atoms with Gasteiger partial charge in [-0.25, -0.2) is 0 Å². The number of non-ortho nitro benzene ring substituents is 1. The maximum absolute atomic E-state index is 12.4. The molecular weight excluding hydrogens is 374 g/mol. The fourth-order valence-electron chi connectivity index (χ4n) is 2.63. The van der Waals surface area contributed by atoms with Gasteiger partial charge in [0.2, 0.25) is 0 Å². The summed E-state index contributed by atoms with van der Waals surface area (Å²) in [5.74, 6) is -0.361. The summed E-state index contributed by atoms with van der Waals surface area (Å²) in [5, 5.41) is 16.4. The number of rotatable bonds is 4. The lowest BCUT2D eigenvalue weighted by atomic mass is 10.0. The SMILES string of the molecule is Cc1ccc([N+](=O)[O-])cc1NC(=S)NC(=O)c1ccc(-c2ccccc2)cc1. The smallest absolute Gasteiger partial charge is 0.271 e. The van der Waals surface area contributed by atoms with Crippen molar-refractivity contribution in [1.29, 1.82) is 0 Å². The number of thiocarbonyl (C=S) groups is 1. The number of nitrogens with one attached hydrogen (secondary N) is 2. The van der Waals surface area contributed by atoms with Crippen molar-refractivity contribution < 1.29 is 9.72 Å². The highest BCUT2D eigenvalue weighted by Gasteiger charge is 2.12. The van der Waals surface area contributed by atoms with E-state index in [9.17, 15) is 14.9 Å². The zero-order valence-corrected chi connectivity index (χ0v) is 15.8. The highest BCUT2D eigenvalue weighted by atomic mass is 32.1. The van der Waals surface area contributed by atoms with E-state index in [2.05, 4.69) is 10.6 Å². The normalized spacial score (nSPS) is 10.2. The second-order valence-corrected chi connectivity index (χ2v) is 6.52. The molecule has 0 aliphatic carbocycles.